The van der Waals surface area contributed by atoms with E-state index in [2.05, 4.69) is 4.90 Å². The number of aliphatic hydroxyl groups is 3. The Hall–Kier alpha value is -0.160. The molecule has 0 aromatic carbocycles. The molecule has 0 spiro atoms. The van der Waals surface area contributed by atoms with Crippen molar-refractivity contribution in [1.82, 2.24) is 4.90 Å². The molecular weight excluding hydrogens is 158 g/mol. The van der Waals surface area contributed by atoms with E-state index < -0.39 is 18.3 Å². The number of piperidine rings is 1. The van der Waals surface area contributed by atoms with Crippen molar-refractivity contribution in [1.29, 1.82) is 0 Å². The second-order valence-electron chi connectivity index (χ2n) is 3.75. The summed E-state index contributed by atoms with van der Waals surface area (Å²) in [5, 5.41) is 28.3. The van der Waals surface area contributed by atoms with Gasteiger partial charge in [0, 0.05) is 12.6 Å². The highest BCUT2D eigenvalue weighted by Crippen LogP contribution is 2.27. The van der Waals surface area contributed by atoms with E-state index >= 15 is 0 Å². The van der Waals surface area contributed by atoms with Gasteiger partial charge in [-0.1, -0.05) is 0 Å². The van der Waals surface area contributed by atoms with E-state index in [1.807, 2.05) is 0 Å². The number of nitrogens with zero attached hydrogens (tertiary/aromatic N) is 1. The molecule has 0 aromatic rings. The molecule has 2 aliphatic rings. The topological polar surface area (TPSA) is 63.9 Å². The molecule has 3 N–H and O–H groups in total. The standard InChI is InChI=1S/C8H15NO3/c10-6-4-9-3-1-2-5(9)7(11)8(6)12/h5-8,10-12H,1-4H2/t5-,6-,7+,8-/m1/s1. The van der Waals surface area contributed by atoms with Crippen LogP contribution in [0.4, 0.5) is 0 Å². The van der Waals surface area contributed by atoms with Crippen molar-refractivity contribution in [2.24, 2.45) is 0 Å². The van der Waals surface area contributed by atoms with Gasteiger partial charge in [-0.15, -0.1) is 0 Å². The Morgan fingerprint density at radius 2 is 1.83 bits per heavy atom. The summed E-state index contributed by atoms with van der Waals surface area (Å²) in [5.74, 6) is 0. The van der Waals surface area contributed by atoms with E-state index in [1.165, 1.54) is 0 Å². The highest BCUT2D eigenvalue weighted by molar-refractivity contribution is 4.97. The van der Waals surface area contributed by atoms with Gasteiger partial charge in [0.2, 0.25) is 0 Å². The first-order valence-electron chi connectivity index (χ1n) is 4.48. The summed E-state index contributed by atoms with van der Waals surface area (Å²) in [5.41, 5.74) is 0. The maximum absolute atomic E-state index is 9.57. The van der Waals surface area contributed by atoms with Crippen molar-refractivity contribution in [2.75, 3.05) is 13.1 Å². The Morgan fingerprint density at radius 3 is 2.58 bits per heavy atom. The molecule has 0 aliphatic carbocycles. The van der Waals surface area contributed by atoms with Crippen LogP contribution >= 0.6 is 0 Å². The molecule has 4 atom stereocenters. The highest BCUT2D eigenvalue weighted by atomic mass is 16.4. The van der Waals surface area contributed by atoms with Crippen LogP contribution in [0.3, 0.4) is 0 Å². The van der Waals surface area contributed by atoms with Crippen LogP contribution in [0, 0.1) is 0 Å². The molecule has 0 amide bonds. The van der Waals surface area contributed by atoms with Crippen molar-refractivity contribution in [3.8, 4) is 0 Å². The maximum Gasteiger partial charge on any atom is 0.108 e. The monoisotopic (exact) mass is 173 g/mol. The second-order valence-corrected chi connectivity index (χ2v) is 3.75. The Morgan fingerprint density at radius 1 is 1.08 bits per heavy atom. The molecule has 12 heavy (non-hydrogen) atoms. The number of fused-ring (bicyclic) bond motifs is 1. The maximum atomic E-state index is 9.57. The van der Waals surface area contributed by atoms with Crippen LogP contribution in [-0.4, -0.2) is 57.7 Å². The molecular formula is C8H15NO3. The summed E-state index contributed by atoms with van der Waals surface area (Å²) in [6, 6.07) is 0.0726. The molecule has 2 rings (SSSR count). The fourth-order valence-electron chi connectivity index (χ4n) is 2.27. The van der Waals surface area contributed by atoms with E-state index in [-0.39, 0.29) is 6.04 Å². The minimum atomic E-state index is -0.954. The molecule has 2 aliphatic heterocycles. The third kappa shape index (κ3) is 1.15. The van der Waals surface area contributed by atoms with Gasteiger partial charge >= 0.3 is 0 Å². The Balaban J connectivity index is 2.10. The van der Waals surface area contributed by atoms with E-state index in [0.29, 0.717) is 6.54 Å². The lowest BCUT2D eigenvalue weighted by Gasteiger charge is -2.39. The molecule has 0 aromatic heterocycles. The van der Waals surface area contributed by atoms with E-state index in [1.54, 1.807) is 0 Å². The van der Waals surface area contributed by atoms with Gasteiger partial charge in [-0.25, -0.2) is 0 Å². The molecule has 0 bridgehead atoms. The van der Waals surface area contributed by atoms with Gasteiger partial charge in [0.25, 0.3) is 0 Å². The SMILES string of the molecule is O[C@@H]1[C@H](O)[C@H](O)CN2CCC[C@H]12. The van der Waals surface area contributed by atoms with Crippen molar-refractivity contribution in [2.45, 2.75) is 37.2 Å². The van der Waals surface area contributed by atoms with Gasteiger partial charge in [0.15, 0.2) is 0 Å². The Kier molecular flexibility index (Phi) is 2.08. The third-order valence-corrected chi connectivity index (χ3v) is 2.97. The van der Waals surface area contributed by atoms with Crippen molar-refractivity contribution in [3.05, 3.63) is 0 Å². The van der Waals surface area contributed by atoms with Crippen LogP contribution in [0.25, 0.3) is 0 Å². The second kappa shape index (κ2) is 2.96. The van der Waals surface area contributed by atoms with Gasteiger partial charge in [-0.3, -0.25) is 4.90 Å². The average molecular weight is 173 g/mol. The minimum absolute atomic E-state index is 0.0726. The lowest BCUT2D eigenvalue weighted by molar-refractivity contribution is -0.127. The summed E-state index contributed by atoms with van der Waals surface area (Å²) >= 11 is 0. The van der Waals surface area contributed by atoms with Crippen LogP contribution in [0.1, 0.15) is 12.8 Å². The normalized spacial score (nSPS) is 49.2. The fourth-order valence-corrected chi connectivity index (χ4v) is 2.27. The van der Waals surface area contributed by atoms with Crippen LogP contribution in [0.2, 0.25) is 0 Å². The number of hydrogen-bond donors (Lipinski definition) is 3. The number of hydrogen-bond acceptors (Lipinski definition) is 4. The molecule has 0 unspecified atom stereocenters. The van der Waals surface area contributed by atoms with Crippen molar-refractivity contribution >= 4 is 0 Å². The zero-order valence-corrected chi connectivity index (χ0v) is 6.93. The quantitative estimate of drug-likeness (QED) is 0.419. The van der Waals surface area contributed by atoms with Crippen LogP contribution in [0.5, 0.6) is 0 Å². The predicted octanol–water partition coefficient (Wildman–Crippen LogP) is -1.45. The zero-order valence-electron chi connectivity index (χ0n) is 6.93. The Bertz CT molecular complexity index is 176. The molecule has 4 heteroatoms. The smallest absolute Gasteiger partial charge is 0.108 e. The first kappa shape index (κ1) is 8.44. The van der Waals surface area contributed by atoms with E-state index in [4.69, 9.17) is 0 Å². The molecule has 2 saturated heterocycles. The summed E-state index contributed by atoms with van der Waals surface area (Å²) in [7, 11) is 0. The predicted molar refractivity (Wildman–Crippen MR) is 42.6 cm³/mol. The first-order chi connectivity index (χ1) is 5.70. The van der Waals surface area contributed by atoms with Crippen LogP contribution < -0.4 is 0 Å². The highest BCUT2D eigenvalue weighted by Gasteiger charge is 2.42. The Labute approximate surface area is 71.4 Å². The summed E-state index contributed by atoms with van der Waals surface area (Å²) < 4.78 is 0. The fraction of sp³-hybridized carbons (Fsp3) is 1.00. The van der Waals surface area contributed by atoms with Gasteiger partial charge in [0.1, 0.15) is 6.10 Å². The molecule has 0 saturated carbocycles. The first-order valence-corrected chi connectivity index (χ1v) is 4.48. The van der Waals surface area contributed by atoms with Crippen LogP contribution in [-0.2, 0) is 0 Å². The summed E-state index contributed by atoms with van der Waals surface area (Å²) in [4.78, 5) is 2.06. The van der Waals surface area contributed by atoms with Gasteiger partial charge in [-0.2, -0.15) is 0 Å². The molecule has 2 fully saturated rings. The molecule has 2 heterocycles. The largest absolute Gasteiger partial charge is 0.389 e. The van der Waals surface area contributed by atoms with Gasteiger partial charge in [-0.05, 0) is 19.4 Å². The lowest BCUT2D eigenvalue weighted by Crippen LogP contribution is -2.58. The summed E-state index contributed by atoms with van der Waals surface area (Å²) in [6.45, 7) is 1.44. The van der Waals surface area contributed by atoms with Crippen LogP contribution in [0.15, 0.2) is 0 Å². The minimum Gasteiger partial charge on any atom is -0.389 e. The molecule has 4 nitrogen and oxygen atoms in total. The van der Waals surface area contributed by atoms with Crippen molar-refractivity contribution < 1.29 is 15.3 Å². The van der Waals surface area contributed by atoms with Crippen molar-refractivity contribution in [3.63, 3.8) is 0 Å². The summed E-state index contributed by atoms with van der Waals surface area (Å²) in [6.07, 6.45) is -0.513. The number of aliphatic hydroxyl groups excluding tert-OH is 3. The van der Waals surface area contributed by atoms with Gasteiger partial charge < -0.3 is 15.3 Å². The van der Waals surface area contributed by atoms with E-state index in [0.717, 1.165) is 19.4 Å². The lowest BCUT2D eigenvalue weighted by atomic mass is 9.94. The molecule has 70 valence electrons. The third-order valence-electron chi connectivity index (χ3n) is 2.97. The number of rotatable bonds is 0. The molecule has 0 radical (unpaired) electrons. The average Bonchev–Trinajstić information content (AvgIpc) is 2.48. The van der Waals surface area contributed by atoms with E-state index in [9.17, 15) is 15.3 Å². The van der Waals surface area contributed by atoms with Gasteiger partial charge in [0.05, 0.1) is 12.2 Å². The zero-order chi connectivity index (χ0) is 8.72.